The fourth-order valence-corrected chi connectivity index (χ4v) is 2.94. The predicted octanol–water partition coefficient (Wildman–Crippen LogP) is 2.00. The summed E-state index contributed by atoms with van der Waals surface area (Å²) < 4.78 is 10.4. The average Bonchev–Trinajstić information content (AvgIpc) is 3.03. The van der Waals surface area contributed by atoms with Crippen LogP contribution in [-0.2, 0) is 14.3 Å². The molecule has 1 fully saturated rings. The largest absolute Gasteiger partial charge is 0.382 e. The van der Waals surface area contributed by atoms with Gasteiger partial charge in [-0.25, -0.2) is 0 Å². The van der Waals surface area contributed by atoms with E-state index in [-0.39, 0.29) is 24.0 Å². The third-order valence-electron chi connectivity index (χ3n) is 4.28. The summed E-state index contributed by atoms with van der Waals surface area (Å²) in [6.45, 7) is 9.45. The molecule has 1 rings (SSSR count). The lowest BCUT2D eigenvalue weighted by atomic mass is 10.1. The number of hydrogen-bond donors (Lipinski definition) is 2. The minimum Gasteiger partial charge on any atom is -0.382 e. The molecule has 0 aromatic rings. The smallest absolute Gasteiger partial charge is 0.222 e. The van der Waals surface area contributed by atoms with Crippen molar-refractivity contribution in [1.82, 2.24) is 15.5 Å². The van der Waals surface area contributed by atoms with E-state index in [0.29, 0.717) is 38.2 Å². The molecule has 1 atom stereocenters. The van der Waals surface area contributed by atoms with E-state index in [9.17, 15) is 4.79 Å². The highest BCUT2D eigenvalue weighted by Gasteiger charge is 2.26. The lowest BCUT2D eigenvalue weighted by molar-refractivity contribution is -0.129. The first-order valence-electron chi connectivity index (χ1n) is 9.61. The number of rotatable bonds is 13. The first-order valence-corrected chi connectivity index (χ1v) is 9.61. The third kappa shape index (κ3) is 10.5. The van der Waals surface area contributed by atoms with Gasteiger partial charge in [-0.3, -0.25) is 9.79 Å². The van der Waals surface area contributed by atoms with Crippen LogP contribution in [0.1, 0.15) is 46.0 Å². The minimum atomic E-state index is 0. The Bertz CT molecular complexity index is 397. The summed E-state index contributed by atoms with van der Waals surface area (Å²) in [7, 11) is 1.67. The molecule has 2 N–H and O–H groups in total. The number of hydrogen-bond acceptors (Lipinski definition) is 4. The molecule has 0 saturated carbocycles. The van der Waals surface area contributed by atoms with Crippen LogP contribution in [0.5, 0.6) is 0 Å². The standard InChI is InChI=1S/C18H36N4O3.HI/c1-4-16(22-12-6-8-17(22)23)9-11-21-18(19-5-2)20-10-7-13-25-15-14-24-3;/h16H,4-15H2,1-3H3,(H2,19,20,21);1H. The molecule has 1 amide bonds. The van der Waals surface area contributed by atoms with Gasteiger partial charge in [0.1, 0.15) is 0 Å². The van der Waals surface area contributed by atoms with Crippen molar-refractivity contribution in [3.05, 3.63) is 0 Å². The van der Waals surface area contributed by atoms with Gasteiger partial charge < -0.3 is 25.0 Å². The second-order valence-electron chi connectivity index (χ2n) is 6.19. The van der Waals surface area contributed by atoms with Crippen LogP contribution in [0.4, 0.5) is 0 Å². The van der Waals surface area contributed by atoms with Crippen LogP contribution in [0.25, 0.3) is 0 Å². The fraction of sp³-hybridized carbons (Fsp3) is 0.889. The Kier molecular flexibility index (Phi) is 16.2. The van der Waals surface area contributed by atoms with E-state index < -0.39 is 0 Å². The number of carbonyl (C=O) groups excluding carboxylic acids is 1. The van der Waals surface area contributed by atoms with E-state index in [1.165, 1.54) is 0 Å². The van der Waals surface area contributed by atoms with Crippen LogP contribution in [-0.4, -0.2) is 75.9 Å². The molecule has 154 valence electrons. The van der Waals surface area contributed by atoms with E-state index in [2.05, 4.69) is 29.5 Å². The van der Waals surface area contributed by atoms with Crippen molar-refractivity contribution in [3.8, 4) is 0 Å². The van der Waals surface area contributed by atoms with E-state index in [1.54, 1.807) is 7.11 Å². The molecule has 7 nitrogen and oxygen atoms in total. The number of carbonyl (C=O) groups is 1. The van der Waals surface area contributed by atoms with Crippen molar-refractivity contribution < 1.29 is 14.3 Å². The summed E-state index contributed by atoms with van der Waals surface area (Å²) in [6.07, 6.45) is 4.55. The molecule has 0 radical (unpaired) electrons. The Hall–Kier alpha value is -0.610. The number of likely N-dealkylation sites (tertiary alicyclic amines) is 1. The Balaban J connectivity index is 0.00000625. The SMILES string of the molecule is CCNC(=NCCCOCCOC)NCCC(CC)N1CCCC1=O.I. The maximum absolute atomic E-state index is 11.9. The molecule has 0 aromatic carbocycles. The quantitative estimate of drug-likeness (QED) is 0.181. The zero-order valence-corrected chi connectivity index (χ0v) is 18.9. The number of halogens is 1. The number of nitrogens with one attached hydrogen (secondary N) is 2. The molecule has 0 aliphatic carbocycles. The van der Waals surface area contributed by atoms with Gasteiger partial charge in [-0.15, -0.1) is 24.0 Å². The molecule has 1 unspecified atom stereocenters. The first kappa shape index (κ1) is 25.4. The Labute approximate surface area is 175 Å². The van der Waals surface area contributed by atoms with E-state index in [1.807, 2.05) is 4.90 Å². The van der Waals surface area contributed by atoms with Gasteiger partial charge in [-0.2, -0.15) is 0 Å². The molecular weight excluding hydrogens is 447 g/mol. The molecule has 8 heteroatoms. The molecule has 26 heavy (non-hydrogen) atoms. The normalized spacial score (nSPS) is 15.7. The highest BCUT2D eigenvalue weighted by atomic mass is 127. The monoisotopic (exact) mass is 484 g/mol. The topological polar surface area (TPSA) is 75.2 Å². The van der Waals surface area contributed by atoms with Crippen LogP contribution in [0, 0.1) is 0 Å². The van der Waals surface area contributed by atoms with Gasteiger partial charge in [-0.1, -0.05) is 6.92 Å². The van der Waals surface area contributed by atoms with Crippen molar-refractivity contribution in [2.75, 3.05) is 53.1 Å². The summed E-state index contributed by atoms with van der Waals surface area (Å²) in [6, 6.07) is 0.333. The van der Waals surface area contributed by atoms with Crippen LogP contribution in [0.15, 0.2) is 4.99 Å². The van der Waals surface area contributed by atoms with Crippen molar-refractivity contribution in [1.29, 1.82) is 0 Å². The highest BCUT2D eigenvalue weighted by molar-refractivity contribution is 14.0. The lowest BCUT2D eigenvalue weighted by Crippen LogP contribution is -2.42. The minimum absolute atomic E-state index is 0. The predicted molar refractivity (Wildman–Crippen MR) is 116 cm³/mol. The molecule has 1 aliphatic rings. The van der Waals surface area contributed by atoms with Crippen LogP contribution in [0.2, 0.25) is 0 Å². The van der Waals surface area contributed by atoms with Crippen LogP contribution >= 0.6 is 24.0 Å². The number of aliphatic imine (C=N–C) groups is 1. The number of guanidine groups is 1. The third-order valence-corrected chi connectivity index (χ3v) is 4.28. The van der Waals surface area contributed by atoms with Crippen molar-refractivity contribution in [3.63, 3.8) is 0 Å². The molecule has 0 aromatic heterocycles. The highest BCUT2D eigenvalue weighted by Crippen LogP contribution is 2.17. The van der Waals surface area contributed by atoms with Gasteiger partial charge >= 0.3 is 0 Å². The summed E-state index contributed by atoms with van der Waals surface area (Å²) in [5.74, 6) is 1.14. The van der Waals surface area contributed by atoms with Crippen LogP contribution in [0.3, 0.4) is 0 Å². The molecule has 0 bridgehead atoms. The summed E-state index contributed by atoms with van der Waals surface area (Å²) in [4.78, 5) is 18.5. The Morgan fingerprint density at radius 1 is 1.27 bits per heavy atom. The Morgan fingerprint density at radius 2 is 2.08 bits per heavy atom. The zero-order chi connectivity index (χ0) is 18.3. The number of ether oxygens (including phenoxy) is 2. The Morgan fingerprint density at radius 3 is 2.69 bits per heavy atom. The van der Waals surface area contributed by atoms with Gasteiger partial charge in [0.25, 0.3) is 0 Å². The zero-order valence-electron chi connectivity index (χ0n) is 16.6. The molecule has 1 heterocycles. The number of nitrogens with zero attached hydrogens (tertiary/aromatic N) is 2. The lowest BCUT2D eigenvalue weighted by Gasteiger charge is -2.27. The van der Waals surface area contributed by atoms with Gasteiger partial charge in [-0.05, 0) is 32.6 Å². The molecule has 1 saturated heterocycles. The van der Waals surface area contributed by atoms with Crippen LogP contribution < -0.4 is 10.6 Å². The van der Waals surface area contributed by atoms with Gasteiger partial charge in [0.15, 0.2) is 5.96 Å². The average molecular weight is 484 g/mol. The van der Waals surface area contributed by atoms with E-state index >= 15 is 0 Å². The molecule has 0 spiro atoms. The van der Waals surface area contributed by atoms with Gasteiger partial charge in [0.2, 0.25) is 5.91 Å². The van der Waals surface area contributed by atoms with E-state index in [4.69, 9.17) is 9.47 Å². The maximum atomic E-state index is 11.9. The fourth-order valence-electron chi connectivity index (χ4n) is 2.94. The van der Waals surface area contributed by atoms with Crippen molar-refractivity contribution >= 4 is 35.8 Å². The molecular formula is C18H37IN4O3. The number of methoxy groups -OCH3 is 1. The second-order valence-corrected chi connectivity index (χ2v) is 6.19. The van der Waals surface area contributed by atoms with Gasteiger partial charge in [0, 0.05) is 52.4 Å². The maximum Gasteiger partial charge on any atom is 0.222 e. The summed E-state index contributed by atoms with van der Waals surface area (Å²) >= 11 is 0. The second kappa shape index (κ2) is 16.6. The summed E-state index contributed by atoms with van der Waals surface area (Å²) in [5, 5.41) is 6.64. The van der Waals surface area contributed by atoms with Gasteiger partial charge in [0.05, 0.1) is 13.2 Å². The van der Waals surface area contributed by atoms with Crippen molar-refractivity contribution in [2.45, 2.75) is 52.0 Å². The molecule has 1 aliphatic heterocycles. The van der Waals surface area contributed by atoms with E-state index in [0.717, 1.165) is 57.8 Å². The van der Waals surface area contributed by atoms with Crippen molar-refractivity contribution in [2.24, 2.45) is 4.99 Å². The number of amides is 1. The first-order chi connectivity index (χ1) is 12.2. The summed E-state index contributed by atoms with van der Waals surface area (Å²) in [5.41, 5.74) is 0.